The first-order chi connectivity index (χ1) is 8.74. The van der Waals surface area contributed by atoms with Gasteiger partial charge >= 0.3 is 6.18 Å². The molecule has 0 saturated heterocycles. The van der Waals surface area contributed by atoms with Gasteiger partial charge in [0.25, 0.3) is 0 Å². The number of benzene rings is 1. The second kappa shape index (κ2) is 6.52. The maximum absolute atomic E-state index is 13.6. The Kier molecular flexibility index (Phi) is 5.55. The molecule has 1 rings (SSSR count). The predicted molar refractivity (Wildman–Crippen MR) is 63.1 cm³/mol. The molecule has 0 aromatic heterocycles. The number of halogens is 6. The molecular formula is C12H13ClF5N. The second-order valence-corrected chi connectivity index (χ2v) is 4.54. The molecule has 0 aliphatic heterocycles. The Labute approximate surface area is 112 Å². The predicted octanol–water partition coefficient (Wildman–Crippen LogP) is 4.61. The van der Waals surface area contributed by atoms with Gasteiger partial charge in [-0.1, -0.05) is 11.6 Å². The Morgan fingerprint density at radius 3 is 2.37 bits per heavy atom. The lowest BCUT2D eigenvalue weighted by molar-refractivity contribution is -0.135. The first-order valence-corrected chi connectivity index (χ1v) is 6.01. The highest BCUT2D eigenvalue weighted by atomic mass is 35.5. The van der Waals surface area contributed by atoms with Crippen molar-refractivity contribution in [2.75, 3.05) is 7.05 Å². The third-order valence-corrected chi connectivity index (χ3v) is 3.01. The summed E-state index contributed by atoms with van der Waals surface area (Å²) in [6.07, 6.45) is -5.32. The molecule has 1 N–H and O–H groups in total. The van der Waals surface area contributed by atoms with E-state index in [1.165, 1.54) is 7.05 Å². The van der Waals surface area contributed by atoms with Gasteiger partial charge in [-0.2, -0.15) is 13.2 Å². The number of hydrogen-bond donors (Lipinski definition) is 1. The summed E-state index contributed by atoms with van der Waals surface area (Å²) >= 11 is 5.41. The van der Waals surface area contributed by atoms with Crippen molar-refractivity contribution in [3.63, 3.8) is 0 Å². The molecule has 1 atom stereocenters. The fourth-order valence-electron chi connectivity index (χ4n) is 1.77. The lowest BCUT2D eigenvalue weighted by atomic mass is 10.0. The zero-order chi connectivity index (χ0) is 14.6. The second-order valence-electron chi connectivity index (χ2n) is 4.14. The van der Waals surface area contributed by atoms with Gasteiger partial charge in [-0.05, 0) is 32.0 Å². The first kappa shape index (κ1) is 16.2. The van der Waals surface area contributed by atoms with E-state index in [2.05, 4.69) is 5.32 Å². The molecule has 0 spiro atoms. The van der Waals surface area contributed by atoms with Crippen LogP contribution >= 0.6 is 11.6 Å². The van der Waals surface area contributed by atoms with Crippen molar-refractivity contribution in [3.05, 3.63) is 34.4 Å². The van der Waals surface area contributed by atoms with Gasteiger partial charge in [0.2, 0.25) is 0 Å². The zero-order valence-electron chi connectivity index (χ0n) is 10.1. The van der Waals surface area contributed by atoms with E-state index in [-0.39, 0.29) is 23.4 Å². The lowest BCUT2D eigenvalue weighted by Gasteiger charge is -2.18. The van der Waals surface area contributed by atoms with Crippen LogP contribution in [0.25, 0.3) is 0 Å². The van der Waals surface area contributed by atoms with E-state index in [0.717, 1.165) is 12.1 Å². The molecule has 0 heterocycles. The highest BCUT2D eigenvalue weighted by Gasteiger charge is 2.27. The summed E-state index contributed by atoms with van der Waals surface area (Å²) in [5.74, 6) is -1.54. The van der Waals surface area contributed by atoms with Crippen molar-refractivity contribution in [2.45, 2.75) is 31.5 Å². The number of hydrogen-bond acceptors (Lipinski definition) is 1. The van der Waals surface area contributed by atoms with Crippen molar-refractivity contribution in [3.8, 4) is 0 Å². The molecule has 0 radical (unpaired) electrons. The minimum Gasteiger partial charge on any atom is -0.313 e. The summed E-state index contributed by atoms with van der Waals surface area (Å²) in [4.78, 5) is 0. The summed E-state index contributed by atoms with van der Waals surface area (Å²) < 4.78 is 63.0. The molecular weight excluding hydrogens is 289 g/mol. The minimum absolute atomic E-state index is 0.0217. The molecule has 108 valence electrons. The Balaban J connectivity index is 2.77. The summed E-state index contributed by atoms with van der Waals surface area (Å²) in [5.41, 5.74) is -0.0217. The van der Waals surface area contributed by atoms with Gasteiger partial charge in [-0.3, -0.25) is 0 Å². The molecule has 0 bridgehead atoms. The van der Waals surface area contributed by atoms with Crippen molar-refractivity contribution >= 4 is 11.6 Å². The Morgan fingerprint density at radius 2 is 1.84 bits per heavy atom. The fraction of sp³-hybridized carbons (Fsp3) is 0.500. The van der Waals surface area contributed by atoms with E-state index in [1.54, 1.807) is 0 Å². The highest BCUT2D eigenvalue weighted by molar-refractivity contribution is 6.30. The fourth-order valence-corrected chi connectivity index (χ4v) is 1.92. The Hall–Kier alpha value is -0.880. The van der Waals surface area contributed by atoms with Crippen LogP contribution in [0.3, 0.4) is 0 Å². The molecule has 0 aliphatic carbocycles. The molecule has 1 aromatic rings. The van der Waals surface area contributed by atoms with E-state index in [9.17, 15) is 22.0 Å². The van der Waals surface area contributed by atoms with Crippen LogP contribution in [0, 0.1) is 11.6 Å². The van der Waals surface area contributed by atoms with Crippen LogP contribution < -0.4 is 5.32 Å². The normalized spacial score (nSPS) is 13.6. The molecule has 7 heteroatoms. The van der Waals surface area contributed by atoms with E-state index >= 15 is 0 Å². The molecule has 19 heavy (non-hydrogen) atoms. The van der Waals surface area contributed by atoms with Crippen LogP contribution in [0.4, 0.5) is 22.0 Å². The number of rotatable bonds is 5. The van der Waals surface area contributed by atoms with Crippen LogP contribution in [-0.2, 0) is 0 Å². The van der Waals surface area contributed by atoms with Gasteiger partial charge in [0, 0.05) is 18.0 Å². The largest absolute Gasteiger partial charge is 0.389 e. The summed E-state index contributed by atoms with van der Waals surface area (Å²) in [6, 6.07) is 1.04. The summed E-state index contributed by atoms with van der Waals surface area (Å²) in [6.45, 7) is 0. The molecule has 1 nitrogen and oxygen atoms in total. The SMILES string of the molecule is CNC(CCCC(F)(F)F)c1cc(F)c(Cl)cc1F. The summed E-state index contributed by atoms with van der Waals surface area (Å²) in [5, 5.41) is 2.32. The van der Waals surface area contributed by atoms with Gasteiger partial charge in [-0.25, -0.2) is 8.78 Å². The van der Waals surface area contributed by atoms with Crippen molar-refractivity contribution in [1.29, 1.82) is 0 Å². The highest BCUT2D eigenvalue weighted by Crippen LogP contribution is 2.29. The van der Waals surface area contributed by atoms with Crippen molar-refractivity contribution in [1.82, 2.24) is 5.32 Å². The molecule has 1 unspecified atom stereocenters. The number of alkyl halides is 3. The minimum atomic E-state index is -4.25. The average molecular weight is 302 g/mol. The van der Waals surface area contributed by atoms with Gasteiger partial charge in [-0.15, -0.1) is 0 Å². The van der Waals surface area contributed by atoms with Gasteiger partial charge in [0.1, 0.15) is 11.6 Å². The van der Waals surface area contributed by atoms with Crippen LogP contribution in [-0.4, -0.2) is 13.2 Å². The van der Waals surface area contributed by atoms with E-state index in [1.807, 2.05) is 0 Å². The molecule has 0 saturated carbocycles. The Morgan fingerprint density at radius 1 is 1.21 bits per heavy atom. The monoisotopic (exact) mass is 301 g/mol. The molecule has 0 fully saturated rings. The standard InChI is InChI=1S/C12H13ClF5N/c1-19-11(3-2-4-12(16,17)18)7-5-10(15)8(13)6-9(7)14/h5-6,11,19H,2-4H2,1H3. The van der Waals surface area contributed by atoms with E-state index in [4.69, 9.17) is 11.6 Å². The molecule has 0 aliphatic rings. The maximum Gasteiger partial charge on any atom is 0.389 e. The quantitative estimate of drug-likeness (QED) is 0.618. The first-order valence-electron chi connectivity index (χ1n) is 5.63. The molecule has 0 amide bonds. The third-order valence-electron chi connectivity index (χ3n) is 2.72. The van der Waals surface area contributed by atoms with E-state index in [0.29, 0.717) is 0 Å². The third kappa shape index (κ3) is 4.95. The topological polar surface area (TPSA) is 12.0 Å². The van der Waals surface area contributed by atoms with Crippen LogP contribution in [0.5, 0.6) is 0 Å². The maximum atomic E-state index is 13.6. The number of nitrogens with one attached hydrogen (secondary N) is 1. The van der Waals surface area contributed by atoms with Crippen molar-refractivity contribution in [2.24, 2.45) is 0 Å². The van der Waals surface area contributed by atoms with Crippen LogP contribution in [0.15, 0.2) is 12.1 Å². The Bertz CT molecular complexity index is 433. The summed E-state index contributed by atoms with van der Waals surface area (Å²) in [7, 11) is 1.48. The lowest BCUT2D eigenvalue weighted by Crippen LogP contribution is -2.19. The van der Waals surface area contributed by atoms with Gasteiger partial charge in [0.15, 0.2) is 0 Å². The van der Waals surface area contributed by atoms with Gasteiger partial charge < -0.3 is 5.32 Å². The van der Waals surface area contributed by atoms with Crippen molar-refractivity contribution < 1.29 is 22.0 Å². The average Bonchev–Trinajstić information content (AvgIpc) is 2.29. The molecule has 1 aromatic carbocycles. The van der Waals surface area contributed by atoms with E-state index < -0.39 is 30.3 Å². The van der Waals surface area contributed by atoms with Crippen LogP contribution in [0.1, 0.15) is 30.9 Å². The van der Waals surface area contributed by atoms with Gasteiger partial charge in [0.05, 0.1) is 5.02 Å². The smallest absolute Gasteiger partial charge is 0.313 e. The zero-order valence-corrected chi connectivity index (χ0v) is 10.9. The van der Waals surface area contributed by atoms with Crippen LogP contribution in [0.2, 0.25) is 5.02 Å².